The minimum absolute atomic E-state index is 0.740. The Morgan fingerprint density at radius 1 is 0.576 bits per heavy atom. The van der Waals surface area contributed by atoms with Gasteiger partial charge < -0.3 is 9.47 Å². The Hall–Kier alpha value is -1.18. The van der Waals surface area contributed by atoms with Gasteiger partial charge in [0.25, 0.3) is 0 Å². The van der Waals surface area contributed by atoms with Gasteiger partial charge in [0.2, 0.25) is 0 Å². The van der Waals surface area contributed by atoms with E-state index in [1.807, 2.05) is 0 Å². The molecule has 1 aromatic carbocycles. The maximum absolute atomic E-state index is 6.13. The van der Waals surface area contributed by atoms with Crippen LogP contribution in [-0.4, -0.2) is 13.2 Å². The molecule has 0 unspecified atom stereocenters. The molecule has 0 saturated heterocycles. The van der Waals surface area contributed by atoms with Crippen molar-refractivity contribution in [2.75, 3.05) is 13.2 Å². The zero-order valence-electron chi connectivity index (χ0n) is 21.9. The zero-order chi connectivity index (χ0) is 23.1. The SMILES string of the molecule is CCCCCCCC1CCC(COc2ccc(OCCCC3CCC(CC)CC3)cc2)CC1. The van der Waals surface area contributed by atoms with Crippen LogP contribution < -0.4 is 9.47 Å². The Morgan fingerprint density at radius 2 is 1.09 bits per heavy atom. The Balaban J connectivity index is 1.22. The zero-order valence-corrected chi connectivity index (χ0v) is 21.9. The summed E-state index contributed by atoms with van der Waals surface area (Å²) in [5.74, 6) is 5.63. The molecule has 2 aliphatic rings. The highest BCUT2D eigenvalue weighted by Gasteiger charge is 2.21. The number of ether oxygens (including phenoxy) is 2. The van der Waals surface area contributed by atoms with E-state index >= 15 is 0 Å². The average molecular weight is 457 g/mol. The van der Waals surface area contributed by atoms with E-state index in [1.54, 1.807) is 0 Å². The monoisotopic (exact) mass is 456 g/mol. The third kappa shape index (κ3) is 10.3. The molecule has 3 rings (SSSR count). The highest BCUT2D eigenvalue weighted by atomic mass is 16.5. The van der Waals surface area contributed by atoms with Gasteiger partial charge in [-0.25, -0.2) is 0 Å². The molecule has 0 N–H and O–H groups in total. The minimum Gasteiger partial charge on any atom is -0.494 e. The van der Waals surface area contributed by atoms with E-state index < -0.39 is 0 Å². The van der Waals surface area contributed by atoms with Crippen molar-refractivity contribution >= 4 is 0 Å². The van der Waals surface area contributed by atoms with Crippen LogP contribution in [0.3, 0.4) is 0 Å². The molecule has 0 spiro atoms. The van der Waals surface area contributed by atoms with E-state index in [1.165, 1.54) is 109 Å². The van der Waals surface area contributed by atoms with Crippen LogP contribution in [0.2, 0.25) is 0 Å². The largest absolute Gasteiger partial charge is 0.494 e. The summed E-state index contributed by atoms with van der Waals surface area (Å²) >= 11 is 0. The van der Waals surface area contributed by atoms with Gasteiger partial charge in [0.05, 0.1) is 13.2 Å². The molecule has 188 valence electrons. The number of unbranched alkanes of at least 4 members (excludes halogenated alkanes) is 4. The van der Waals surface area contributed by atoms with E-state index in [4.69, 9.17) is 9.47 Å². The molecule has 0 aromatic heterocycles. The van der Waals surface area contributed by atoms with E-state index in [2.05, 4.69) is 38.1 Å². The fourth-order valence-electron chi connectivity index (χ4n) is 6.06. The molecule has 0 radical (unpaired) electrons. The molecule has 33 heavy (non-hydrogen) atoms. The van der Waals surface area contributed by atoms with Crippen LogP contribution in [0, 0.1) is 23.7 Å². The number of hydrogen-bond donors (Lipinski definition) is 0. The van der Waals surface area contributed by atoms with Gasteiger partial charge in [-0.3, -0.25) is 0 Å². The van der Waals surface area contributed by atoms with Gasteiger partial charge in [-0.2, -0.15) is 0 Å². The summed E-state index contributed by atoms with van der Waals surface area (Å²) in [6, 6.07) is 8.33. The highest BCUT2D eigenvalue weighted by molar-refractivity contribution is 5.31. The molecule has 0 bridgehead atoms. The van der Waals surface area contributed by atoms with Gasteiger partial charge in [-0.15, -0.1) is 0 Å². The molecule has 2 saturated carbocycles. The standard InChI is InChI=1S/C31H52O2/c1-3-5-6-7-8-10-27-16-18-29(19-17-27)25-33-31-22-20-30(21-23-31)32-24-9-11-28-14-12-26(4-2)13-15-28/h20-23,26-29H,3-19,24-25H2,1-2H3. The maximum atomic E-state index is 6.13. The van der Waals surface area contributed by atoms with Crippen LogP contribution in [0.1, 0.15) is 123 Å². The number of benzene rings is 1. The summed E-state index contributed by atoms with van der Waals surface area (Å²) in [6.45, 7) is 6.36. The Morgan fingerprint density at radius 3 is 1.70 bits per heavy atom. The fourth-order valence-corrected chi connectivity index (χ4v) is 6.06. The topological polar surface area (TPSA) is 18.5 Å². The summed E-state index contributed by atoms with van der Waals surface area (Å²) < 4.78 is 12.1. The second-order valence-corrected chi connectivity index (χ2v) is 11.2. The predicted molar refractivity (Wildman–Crippen MR) is 141 cm³/mol. The van der Waals surface area contributed by atoms with Crippen molar-refractivity contribution in [3.8, 4) is 11.5 Å². The average Bonchev–Trinajstić information content (AvgIpc) is 2.87. The third-order valence-electron chi connectivity index (χ3n) is 8.56. The Bertz CT molecular complexity index is 594. The first kappa shape index (κ1) is 26.4. The summed E-state index contributed by atoms with van der Waals surface area (Å²) in [7, 11) is 0. The first-order valence-electron chi connectivity index (χ1n) is 14.6. The lowest BCUT2D eigenvalue weighted by molar-refractivity contribution is 0.177. The van der Waals surface area contributed by atoms with Crippen molar-refractivity contribution in [1.82, 2.24) is 0 Å². The normalized spacial score (nSPS) is 25.6. The van der Waals surface area contributed by atoms with Crippen LogP contribution in [0.25, 0.3) is 0 Å². The second kappa shape index (κ2) is 15.7. The first-order valence-corrected chi connectivity index (χ1v) is 14.6. The van der Waals surface area contributed by atoms with E-state index in [0.29, 0.717) is 0 Å². The van der Waals surface area contributed by atoms with Crippen LogP contribution in [0.4, 0.5) is 0 Å². The molecule has 0 aliphatic heterocycles. The van der Waals surface area contributed by atoms with Crippen molar-refractivity contribution < 1.29 is 9.47 Å². The molecule has 2 fully saturated rings. The maximum Gasteiger partial charge on any atom is 0.119 e. The van der Waals surface area contributed by atoms with Crippen LogP contribution in [0.15, 0.2) is 24.3 Å². The molecule has 2 heteroatoms. The summed E-state index contributed by atoms with van der Waals surface area (Å²) in [4.78, 5) is 0. The molecule has 1 aromatic rings. The lowest BCUT2D eigenvalue weighted by Gasteiger charge is -2.28. The Labute approximate surface area is 205 Å². The molecular weight excluding hydrogens is 404 g/mol. The second-order valence-electron chi connectivity index (χ2n) is 11.2. The predicted octanol–water partition coefficient (Wildman–Crippen LogP) is 9.61. The summed E-state index contributed by atoms with van der Waals surface area (Å²) in [5.41, 5.74) is 0. The smallest absolute Gasteiger partial charge is 0.119 e. The van der Waals surface area contributed by atoms with Crippen LogP contribution >= 0.6 is 0 Å². The van der Waals surface area contributed by atoms with Crippen molar-refractivity contribution in [3.05, 3.63) is 24.3 Å². The number of rotatable bonds is 15. The van der Waals surface area contributed by atoms with E-state index in [-0.39, 0.29) is 0 Å². The quantitative estimate of drug-likeness (QED) is 0.245. The lowest BCUT2D eigenvalue weighted by atomic mass is 9.79. The minimum atomic E-state index is 0.740. The molecule has 0 amide bonds. The van der Waals surface area contributed by atoms with Gasteiger partial charge in [-0.1, -0.05) is 97.3 Å². The summed E-state index contributed by atoms with van der Waals surface area (Å²) in [5, 5.41) is 0. The number of hydrogen-bond acceptors (Lipinski definition) is 2. The van der Waals surface area contributed by atoms with Gasteiger partial charge in [0.1, 0.15) is 11.5 Å². The highest BCUT2D eigenvalue weighted by Crippen LogP contribution is 2.34. The lowest BCUT2D eigenvalue weighted by Crippen LogP contribution is -2.20. The molecule has 0 heterocycles. The van der Waals surface area contributed by atoms with Crippen molar-refractivity contribution in [1.29, 1.82) is 0 Å². The van der Waals surface area contributed by atoms with Gasteiger partial charge in [-0.05, 0) is 73.6 Å². The van der Waals surface area contributed by atoms with Crippen LogP contribution in [-0.2, 0) is 0 Å². The van der Waals surface area contributed by atoms with Crippen LogP contribution in [0.5, 0.6) is 11.5 Å². The van der Waals surface area contributed by atoms with Crippen molar-refractivity contribution in [2.24, 2.45) is 23.7 Å². The summed E-state index contributed by atoms with van der Waals surface area (Å²) in [6.07, 6.45) is 23.7. The molecule has 2 aliphatic carbocycles. The molecular formula is C31H52O2. The van der Waals surface area contributed by atoms with Gasteiger partial charge >= 0.3 is 0 Å². The van der Waals surface area contributed by atoms with E-state index in [0.717, 1.165) is 48.4 Å². The third-order valence-corrected chi connectivity index (χ3v) is 8.56. The molecule has 2 nitrogen and oxygen atoms in total. The van der Waals surface area contributed by atoms with Gasteiger partial charge in [0.15, 0.2) is 0 Å². The fraction of sp³-hybridized carbons (Fsp3) is 0.806. The van der Waals surface area contributed by atoms with Crippen molar-refractivity contribution in [3.63, 3.8) is 0 Å². The van der Waals surface area contributed by atoms with Gasteiger partial charge in [0, 0.05) is 0 Å². The first-order chi connectivity index (χ1) is 16.3. The van der Waals surface area contributed by atoms with Crippen molar-refractivity contribution in [2.45, 2.75) is 123 Å². The van der Waals surface area contributed by atoms with E-state index in [9.17, 15) is 0 Å². The molecule has 0 atom stereocenters. The Kier molecular flexibility index (Phi) is 12.5.